The van der Waals surface area contributed by atoms with Crippen LogP contribution in [0.3, 0.4) is 0 Å². The number of hydrogen-bond acceptors (Lipinski definition) is 2. The average Bonchev–Trinajstić information content (AvgIpc) is 3.12. The predicted molar refractivity (Wildman–Crippen MR) is 101 cm³/mol. The third kappa shape index (κ3) is 5.87. The van der Waals surface area contributed by atoms with Gasteiger partial charge in [0.25, 0.3) is 0 Å². The second-order valence-electron chi connectivity index (χ2n) is 6.99. The molecule has 1 aliphatic rings. The summed E-state index contributed by atoms with van der Waals surface area (Å²) in [5.74, 6) is 0.110. The molecule has 0 unspecified atom stereocenters. The average molecular weight is 344 g/mol. The smallest absolute Gasteiger partial charge is 0.243 e. The van der Waals surface area contributed by atoms with Crippen LogP contribution in [0.4, 0.5) is 0 Å². The molecule has 1 atom stereocenters. The summed E-state index contributed by atoms with van der Waals surface area (Å²) in [6.45, 7) is 4.60. The Balaban J connectivity index is 2.04. The van der Waals surface area contributed by atoms with Crippen LogP contribution in [-0.4, -0.2) is 35.3 Å². The minimum absolute atomic E-state index is 0.0203. The Bertz CT molecular complexity index is 538. The van der Waals surface area contributed by atoms with Gasteiger partial charge in [-0.15, -0.1) is 0 Å². The van der Waals surface area contributed by atoms with E-state index in [1.54, 1.807) is 4.90 Å². The van der Waals surface area contributed by atoms with Gasteiger partial charge in [-0.1, -0.05) is 57.0 Å². The minimum Gasteiger partial charge on any atom is -0.352 e. The summed E-state index contributed by atoms with van der Waals surface area (Å²) in [6.07, 6.45) is 7.25. The van der Waals surface area contributed by atoms with Crippen molar-refractivity contribution in [2.24, 2.45) is 0 Å². The monoisotopic (exact) mass is 344 g/mol. The van der Waals surface area contributed by atoms with E-state index in [0.717, 1.165) is 25.7 Å². The van der Waals surface area contributed by atoms with Gasteiger partial charge in [0, 0.05) is 19.0 Å². The van der Waals surface area contributed by atoms with E-state index in [1.807, 2.05) is 32.0 Å². The molecule has 1 saturated carbocycles. The molecular formula is C21H32N2O2. The molecular weight excluding hydrogens is 312 g/mol. The maximum Gasteiger partial charge on any atom is 0.243 e. The van der Waals surface area contributed by atoms with Crippen LogP contribution >= 0.6 is 0 Å². The molecule has 2 rings (SSSR count). The summed E-state index contributed by atoms with van der Waals surface area (Å²) in [5.41, 5.74) is 1.20. The quantitative estimate of drug-likeness (QED) is 0.743. The first-order valence-corrected chi connectivity index (χ1v) is 9.79. The van der Waals surface area contributed by atoms with Gasteiger partial charge in [0.15, 0.2) is 0 Å². The number of carbonyl (C=O) groups excluding carboxylic acids is 2. The predicted octanol–water partition coefficient (Wildman–Crippen LogP) is 3.70. The van der Waals surface area contributed by atoms with Crippen molar-refractivity contribution in [3.05, 3.63) is 35.9 Å². The molecule has 0 spiro atoms. The first kappa shape index (κ1) is 19.5. The fourth-order valence-corrected chi connectivity index (χ4v) is 3.62. The lowest BCUT2D eigenvalue weighted by atomic mass is 10.1. The Morgan fingerprint density at radius 3 is 2.44 bits per heavy atom. The fraction of sp³-hybridized carbons (Fsp3) is 0.619. The van der Waals surface area contributed by atoms with Crippen LogP contribution < -0.4 is 5.32 Å². The van der Waals surface area contributed by atoms with Crippen LogP contribution in [-0.2, 0) is 16.0 Å². The third-order valence-corrected chi connectivity index (χ3v) is 5.04. The zero-order valence-corrected chi connectivity index (χ0v) is 15.7. The summed E-state index contributed by atoms with van der Waals surface area (Å²) < 4.78 is 0. The highest BCUT2D eigenvalue weighted by molar-refractivity contribution is 5.87. The first-order valence-electron chi connectivity index (χ1n) is 9.79. The maximum absolute atomic E-state index is 12.8. The molecule has 1 N–H and O–H groups in total. The molecule has 0 bridgehead atoms. The Hall–Kier alpha value is -1.84. The molecule has 0 radical (unpaired) electrons. The Morgan fingerprint density at radius 2 is 1.84 bits per heavy atom. The molecule has 4 heteroatoms. The zero-order chi connectivity index (χ0) is 18.1. The summed E-state index contributed by atoms with van der Waals surface area (Å²) in [5, 5.41) is 3.17. The molecule has 138 valence electrons. The largest absolute Gasteiger partial charge is 0.352 e. The molecule has 1 fully saturated rings. The van der Waals surface area contributed by atoms with E-state index < -0.39 is 0 Å². The van der Waals surface area contributed by atoms with Gasteiger partial charge < -0.3 is 10.2 Å². The van der Waals surface area contributed by atoms with Gasteiger partial charge in [0.1, 0.15) is 6.04 Å². The van der Waals surface area contributed by atoms with E-state index in [1.165, 1.54) is 18.4 Å². The highest BCUT2D eigenvalue weighted by Gasteiger charge is 2.29. The molecule has 2 amide bonds. The minimum atomic E-state index is -0.358. The zero-order valence-electron chi connectivity index (χ0n) is 15.7. The number of benzene rings is 1. The lowest BCUT2D eigenvalue weighted by molar-refractivity contribution is -0.141. The summed E-state index contributed by atoms with van der Waals surface area (Å²) in [6, 6.07) is 10.1. The summed E-state index contributed by atoms with van der Waals surface area (Å²) in [4.78, 5) is 27.2. The molecule has 0 saturated heterocycles. The van der Waals surface area contributed by atoms with E-state index in [4.69, 9.17) is 0 Å². The lowest BCUT2D eigenvalue weighted by Crippen LogP contribution is -2.51. The van der Waals surface area contributed by atoms with E-state index in [2.05, 4.69) is 17.4 Å². The van der Waals surface area contributed by atoms with Gasteiger partial charge in [-0.05, 0) is 37.7 Å². The van der Waals surface area contributed by atoms with Gasteiger partial charge >= 0.3 is 0 Å². The van der Waals surface area contributed by atoms with E-state index in [-0.39, 0.29) is 17.9 Å². The second-order valence-corrected chi connectivity index (χ2v) is 6.99. The highest BCUT2D eigenvalue weighted by Crippen LogP contribution is 2.19. The fourth-order valence-electron chi connectivity index (χ4n) is 3.62. The maximum atomic E-state index is 12.8. The molecule has 1 aromatic rings. The van der Waals surface area contributed by atoms with Gasteiger partial charge in [-0.2, -0.15) is 0 Å². The number of carbonyl (C=O) groups is 2. The van der Waals surface area contributed by atoms with Crippen LogP contribution in [0.25, 0.3) is 0 Å². The van der Waals surface area contributed by atoms with Crippen molar-refractivity contribution < 1.29 is 9.59 Å². The van der Waals surface area contributed by atoms with Crippen LogP contribution in [0.1, 0.15) is 64.4 Å². The third-order valence-electron chi connectivity index (χ3n) is 5.04. The van der Waals surface area contributed by atoms with Crippen molar-refractivity contribution in [2.45, 2.75) is 77.3 Å². The second kappa shape index (κ2) is 10.2. The van der Waals surface area contributed by atoms with Crippen molar-refractivity contribution in [1.29, 1.82) is 0 Å². The van der Waals surface area contributed by atoms with E-state index in [9.17, 15) is 9.59 Å². The van der Waals surface area contributed by atoms with Crippen LogP contribution in [0.15, 0.2) is 30.3 Å². The van der Waals surface area contributed by atoms with Crippen LogP contribution in [0.2, 0.25) is 0 Å². The number of hydrogen-bond donors (Lipinski definition) is 1. The molecule has 0 aliphatic heterocycles. The number of nitrogens with zero attached hydrogens (tertiary/aromatic N) is 1. The molecule has 25 heavy (non-hydrogen) atoms. The summed E-state index contributed by atoms with van der Waals surface area (Å²) >= 11 is 0. The van der Waals surface area contributed by atoms with Crippen LogP contribution in [0, 0.1) is 0 Å². The number of nitrogens with one attached hydrogen (secondary N) is 1. The number of rotatable bonds is 9. The van der Waals surface area contributed by atoms with Crippen molar-refractivity contribution in [3.63, 3.8) is 0 Å². The molecule has 0 aromatic heterocycles. The number of amides is 2. The van der Waals surface area contributed by atoms with Gasteiger partial charge in [-0.3, -0.25) is 9.59 Å². The molecule has 1 aliphatic carbocycles. The Labute approximate surface area is 152 Å². The molecule has 1 aromatic carbocycles. The van der Waals surface area contributed by atoms with Gasteiger partial charge in [0.05, 0.1) is 0 Å². The summed E-state index contributed by atoms with van der Waals surface area (Å²) in [7, 11) is 0. The van der Waals surface area contributed by atoms with E-state index >= 15 is 0 Å². The van der Waals surface area contributed by atoms with Gasteiger partial charge in [-0.25, -0.2) is 0 Å². The van der Waals surface area contributed by atoms with Crippen LogP contribution in [0.5, 0.6) is 0 Å². The van der Waals surface area contributed by atoms with Crippen molar-refractivity contribution >= 4 is 11.8 Å². The topological polar surface area (TPSA) is 49.4 Å². The van der Waals surface area contributed by atoms with Gasteiger partial charge in [0.2, 0.25) is 11.8 Å². The normalized spacial score (nSPS) is 15.8. The van der Waals surface area contributed by atoms with E-state index in [0.29, 0.717) is 25.4 Å². The Morgan fingerprint density at radius 1 is 1.16 bits per heavy atom. The SMILES string of the molecule is CCCC(=O)N(CCc1ccccc1)[C@H](CC)C(=O)NC1CCCC1. The molecule has 4 nitrogen and oxygen atoms in total. The highest BCUT2D eigenvalue weighted by atomic mass is 16.2. The molecule has 0 heterocycles. The standard InChI is InChI=1S/C21H32N2O2/c1-3-10-20(24)23(16-15-17-11-6-5-7-12-17)19(4-2)21(25)22-18-13-8-9-14-18/h5-7,11-12,18-19H,3-4,8-10,13-16H2,1-2H3,(H,22,25)/t19-/m1/s1. The van der Waals surface area contributed by atoms with Crippen molar-refractivity contribution in [3.8, 4) is 0 Å². The van der Waals surface area contributed by atoms with Crippen molar-refractivity contribution in [2.75, 3.05) is 6.54 Å². The lowest BCUT2D eigenvalue weighted by Gasteiger charge is -2.31. The Kier molecular flexibility index (Phi) is 7.96. The van der Waals surface area contributed by atoms with Crippen molar-refractivity contribution in [1.82, 2.24) is 10.2 Å². The first-order chi connectivity index (χ1) is 12.2.